The van der Waals surface area contributed by atoms with Crippen LogP contribution < -0.4 is 5.32 Å². The van der Waals surface area contributed by atoms with Gasteiger partial charge in [-0.3, -0.25) is 0 Å². The number of imidazole rings is 1. The average molecular weight is 279 g/mol. The van der Waals surface area contributed by atoms with Gasteiger partial charge in [-0.15, -0.1) is 5.10 Å². The molecule has 0 radical (unpaired) electrons. The second kappa shape index (κ2) is 6.77. The highest BCUT2D eigenvalue weighted by Crippen LogP contribution is 2.23. The smallest absolute Gasteiger partial charge is 0.110 e. The third-order valence-electron chi connectivity index (χ3n) is 3.11. The molecule has 2 heterocycles. The second-order valence-electron chi connectivity index (χ2n) is 4.57. The molecule has 0 fully saturated rings. The molecule has 0 saturated carbocycles. The number of rotatable bonds is 7. The minimum absolute atomic E-state index is 0.253. The average Bonchev–Trinajstić information content (AvgIpc) is 2.99. The van der Waals surface area contributed by atoms with Crippen molar-refractivity contribution in [3.8, 4) is 0 Å². The van der Waals surface area contributed by atoms with Gasteiger partial charge in [-0.25, -0.2) is 4.98 Å². The Morgan fingerprint density at radius 2 is 2.26 bits per heavy atom. The zero-order chi connectivity index (χ0) is 13.7. The van der Waals surface area contributed by atoms with Gasteiger partial charge in [-0.1, -0.05) is 18.3 Å². The Hall–Kier alpha value is -1.27. The Balaban J connectivity index is 2.17. The van der Waals surface area contributed by atoms with Crippen molar-refractivity contribution in [2.75, 3.05) is 6.54 Å². The van der Waals surface area contributed by atoms with Crippen molar-refractivity contribution >= 4 is 11.5 Å². The first kappa shape index (κ1) is 14.1. The van der Waals surface area contributed by atoms with Crippen molar-refractivity contribution < 1.29 is 0 Å². The molecule has 0 saturated heterocycles. The third kappa shape index (κ3) is 3.39. The van der Waals surface area contributed by atoms with Gasteiger partial charge in [0.1, 0.15) is 5.82 Å². The molecule has 0 amide bonds. The Labute approximate surface area is 118 Å². The van der Waals surface area contributed by atoms with Crippen molar-refractivity contribution in [2.45, 2.75) is 46.2 Å². The van der Waals surface area contributed by atoms with Crippen LogP contribution in [0.5, 0.6) is 0 Å². The Morgan fingerprint density at radius 3 is 2.89 bits per heavy atom. The molecular weight excluding hydrogens is 258 g/mol. The molecule has 19 heavy (non-hydrogen) atoms. The van der Waals surface area contributed by atoms with E-state index in [1.54, 1.807) is 0 Å². The molecule has 104 valence electrons. The van der Waals surface area contributed by atoms with Crippen LogP contribution >= 0.6 is 11.5 Å². The molecule has 0 aliphatic carbocycles. The van der Waals surface area contributed by atoms with Crippen LogP contribution in [0.4, 0.5) is 0 Å². The summed E-state index contributed by atoms with van der Waals surface area (Å²) in [4.78, 5) is 5.70. The molecule has 0 bridgehead atoms. The molecule has 0 spiro atoms. The number of aryl methyl sites for hydroxylation is 2. The molecule has 0 aromatic carbocycles. The molecule has 5 nitrogen and oxygen atoms in total. The van der Waals surface area contributed by atoms with Gasteiger partial charge in [-0.2, -0.15) is 0 Å². The fourth-order valence-corrected chi connectivity index (χ4v) is 2.94. The normalized spacial score (nSPS) is 12.8. The summed E-state index contributed by atoms with van der Waals surface area (Å²) in [6.07, 6.45) is 5.94. The number of likely N-dealkylation sites (N-methyl/N-ethyl adjacent to an activating group) is 1. The SMILES string of the molecule is CCCn1ccnc1CC(NCC)c1snnc1C. The monoisotopic (exact) mass is 279 g/mol. The van der Waals surface area contributed by atoms with Gasteiger partial charge in [0.25, 0.3) is 0 Å². The van der Waals surface area contributed by atoms with Crippen LogP contribution in [0.15, 0.2) is 12.4 Å². The van der Waals surface area contributed by atoms with E-state index in [-0.39, 0.29) is 6.04 Å². The standard InChI is InChI=1S/C13H21N5S/c1-4-7-18-8-6-15-12(18)9-11(14-5-2)13-10(3)16-17-19-13/h6,8,11,14H,4-5,7,9H2,1-3H3. The van der Waals surface area contributed by atoms with E-state index in [4.69, 9.17) is 0 Å². The van der Waals surface area contributed by atoms with Crippen LogP contribution in [0.3, 0.4) is 0 Å². The lowest BCUT2D eigenvalue weighted by Crippen LogP contribution is -2.24. The van der Waals surface area contributed by atoms with E-state index in [9.17, 15) is 0 Å². The highest BCUT2D eigenvalue weighted by molar-refractivity contribution is 7.05. The van der Waals surface area contributed by atoms with Gasteiger partial charge >= 0.3 is 0 Å². The molecule has 0 aliphatic rings. The molecule has 2 aromatic rings. The minimum Gasteiger partial charge on any atom is -0.335 e. The zero-order valence-corrected chi connectivity index (χ0v) is 12.6. The van der Waals surface area contributed by atoms with E-state index in [1.165, 1.54) is 16.4 Å². The molecular formula is C13H21N5S. The number of nitrogens with zero attached hydrogens (tertiary/aromatic N) is 4. The van der Waals surface area contributed by atoms with Crippen LogP contribution in [-0.2, 0) is 13.0 Å². The Bertz CT molecular complexity index is 505. The predicted octanol–water partition coefficient (Wildman–Crippen LogP) is 2.35. The maximum absolute atomic E-state index is 4.48. The molecule has 6 heteroatoms. The van der Waals surface area contributed by atoms with Gasteiger partial charge in [0.05, 0.1) is 16.6 Å². The van der Waals surface area contributed by atoms with Crippen LogP contribution in [0.25, 0.3) is 0 Å². The minimum atomic E-state index is 0.253. The zero-order valence-electron chi connectivity index (χ0n) is 11.8. The van der Waals surface area contributed by atoms with Gasteiger partial charge in [-0.05, 0) is 31.4 Å². The van der Waals surface area contributed by atoms with E-state index >= 15 is 0 Å². The van der Waals surface area contributed by atoms with Crippen molar-refractivity contribution in [1.29, 1.82) is 0 Å². The highest BCUT2D eigenvalue weighted by Gasteiger charge is 2.19. The number of hydrogen-bond acceptors (Lipinski definition) is 5. The first-order valence-electron chi connectivity index (χ1n) is 6.78. The summed E-state index contributed by atoms with van der Waals surface area (Å²) in [5.41, 5.74) is 1.02. The van der Waals surface area contributed by atoms with Gasteiger partial charge in [0, 0.05) is 25.4 Å². The van der Waals surface area contributed by atoms with Crippen molar-refractivity contribution in [2.24, 2.45) is 0 Å². The van der Waals surface area contributed by atoms with E-state index in [0.29, 0.717) is 0 Å². The van der Waals surface area contributed by atoms with E-state index in [2.05, 4.69) is 44.5 Å². The summed E-state index contributed by atoms with van der Waals surface area (Å²) in [5.74, 6) is 1.13. The van der Waals surface area contributed by atoms with Crippen molar-refractivity contribution in [3.05, 3.63) is 28.8 Å². The Morgan fingerprint density at radius 1 is 1.42 bits per heavy atom. The van der Waals surface area contributed by atoms with Gasteiger partial charge < -0.3 is 9.88 Å². The van der Waals surface area contributed by atoms with Gasteiger partial charge in [0.15, 0.2) is 0 Å². The summed E-state index contributed by atoms with van der Waals surface area (Å²) in [6.45, 7) is 8.27. The van der Waals surface area contributed by atoms with Crippen molar-refractivity contribution in [3.63, 3.8) is 0 Å². The van der Waals surface area contributed by atoms with Gasteiger partial charge in [0.2, 0.25) is 0 Å². The van der Waals surface area contributed by atoms with Crippen LogP contribution in [0.1, 0.15) is 42.7 Å². The lowest BCUT2D eigenvalue weighted by Gasteiger charge is -2.17. The summed E-state index contributed by atoms with van der Waals surface area (Å²) >= 11 is 1.48. The quantitative estimate of drug-likeness (QED) is 0.845. The third-order valence-corrected chi connectivity index (χ3v) is 4.05. The first-order valence-corrected chi connectivity index (χ1v) is 7.55. The lowest BCUT2D eigenvalue weighted by molar-refractivity contribution is 0.520. The summed E-state index contributed by atoms with van der Waals surface area (Å²) in [5, 5.41) is 7.62. The van der Waals surface area contributed by atoms with Crippen molar-refractivity contribution in [1.82, 2.24) is 24.5 Å². The maximum atomic E-state index is 4.48. The highest BCUT2D eigenvalue weighted by atomic mass is 32.1. The molecule has 2 rings (SSSR count). The first-order chi connectivity index (χ1) is 9.26. The fourth-order valence-electron chi connectivity index (χ4n) is 2.22. The van der Waals surface area contributed by atoms with Crippen LogP contribution in [-0.4, -0.2) is 25.7 Å². The molecule has 1 atom stereocenters. The second-order valence-corrected chi connectivity index (χ2v) is 5.36. The van der Waals surface area contributed by atoms with Crippen LogP contribution in [0, 0.1) is 6.92 Å². The summed E-state index contributed by atoms with van der Waals surface area (Å²) < 4.78 is 6.27. The topological polar surface area (TPSA) is 55.6 Å². The Kier molecular flexibility index (Phi) is 5.04. The number of hydrogen-bond donors (Lipinski definition) is 1. The maximum Gasteiger partial charge on any atom is 0.110 e. The summed E-state index contributed by atoms with van der Waals surface area (Å²) in [6, 6.07) is 0.253. The largest absolute Gasteiger partial charge is 0.335 e. The number of nitrogens with one attached hydrogen (secondary N) is 1. The predicted molar refractivity (Wildman–Crippen MR) is 77.3 cm³/mol. The molecule has 0 aliphatic heterocycles. The fraction of sp³-hybridized carbons (Fsp3) is 0.615. The summed E-state index contributed by atoms with van der Waals surface area (Å²) in [7, 11) is 0. The van der Waals surface area contributed by atoms with E-state index in [1.807, 2.05) is 13.1 Å². The molecule has 1 unspecified atom stereocenters. The molecule has 1 N–H and O–H groups in total. The van der Waals surface area contributed by atoms with Crippen LogP contribution in [0.2, 0.25) is 0 Å². The molecule has 2 aromatic heterocycles. The van der Waals surface area contributed by atoms with E-state index in [0.717, 1.165) is 37.4 Å². The number of aromatic nitrogens is 4. The lowest BCUT2D eigenvalue weighted by atomic mass is 10.1. The van der Waals surface area contributed by atoms with E-state index < -0.39 is 0 Å².